The summed E-state index contributed by atoms with van der Waals surface area (Å²) < 4.78 is 10.5. The third kappa shape index (κ3) is 2.85. The summed E-state index contributed by atoms with van der Waals surface area (Å²) in [6.07, 6.45) is 0. The van der Waals surface area contributed by atoms with E-state index in [4.69, 9.17) is 43.8 Å². The molecule has 2 rings (SSSR count). The molecule has 0 saturated heterocycles. The van der Waals surface area contributed by atoms with Gasteiger partial charge in [0.25, 0.3) is 0 Å². The summed E-state index contributed by atoms with van der Waals surface area (Å²) in [6, 6.07) is 6.95. The quantitative estimate of drug-likeness (QED) is 0.629. The van der Waals surface area contributed by atoms with Gasteiger partial charge in [-0.3, -0.25) is 0 Å². The molecule has 0 heterocycles. The van der Waals surface area contributed by atoms with E-state index in [0.717, 1.165) is 5.56 Å². The van der Waals surface area contributed by atoms with E-state index in [0.29, 0.717) is 44.1 Å². The van der Waals surface area contributed by atoms with Crippen LogP contribution < -0.4 is 15.2 Å². The Labute approximate surface area is 139 Å². The highest BCUT2D eigenvalue weighted by Gasteiger charge is 2.19. The van der Waals surface area contributed by atoms with Crippen molar-refractivity contribution in [2.45, 2.75) is 6.92 Å². The molecule has 2 aromatic carbocycles. The summed E-state index contributed by atoms with van der Waals surface area (Å²) in [5.41, 5.74) is 8.88. The lowest BCUT2D eigenvalue weighted by molar-refractivity contribution is 0.395. The van der Waals surface area contributed by atoms with Crippen LogP contribution in [0.25, 0.3) is 11.1 Å². The number of nitrogens with one attached hydrogen (secondary N) is 1. The minimum atomic E-state index is 0.382. The summed E-state index contributed by atoms with van der Waals surface area (Å²) in [6.45, 7) is 1.68. The van der Waals surface area contributed by atoms with Gasteiger partial charge in [0.2, 0.25) is 0 Å². The van der Waals surface area contributed by atoms with Crippen LogP contribution in [-0.2, 0) is 0 Å². The van der Waals surface area contributed by atoms with Crippen molar-refractivity contribution >= 4 is 34.6 Å². The van der Waals surface area contributed by atoms with Crippen LogP contribution in [0.1, 0.15) is 12.5 Å². The van der Waals surface area contributed by atoms with Gasteiger partial charge in [0, 0.05) is 28.6 Å². The zero-order valence-electron chi connectivity index (χ0n) is 12.5. The van der Waals surface area contributed by atoms with Crippen molar-refractivity contribution in [1.82, 2.24) is 0 Å². The molecule has 0 atom stereocenters. The van der Waals surface area contributed by atoms with Crippen molar-refractivity contribution in [1.29, 1.82) is 5.41 Å². The predicted octanol–water partition coefficient (Wildman–Crippen LogP) is 4.65. The van der Waals surface area contributed by atoms with E-state index in [1.165, 1.54) is 14.2 Å². The maximum absolute atomic E-state index is 7.69. The fourth-order valence-corrected chi connectivity index (χ4v) is 2.92. The molecule has 3 N–H and O–H groups in total. The van der Waals surface area contributed by atoms with Crippen molar-refractivity contribution in [3.8, 4) is 22.6 Å². The normalized spacial score (nSPS) is 10.4. The van der Waals surface area contributed by atoms with Crippen LogP contribution in [0.3, 0.4) is 0 Å². The number of ether oxygens (including phenoxy) is 2. The van der Waals surface area contributed by atoms with E-state index in [2.05, 4.69) is 0 Å². The van der Waals surface area contributed by atoms with Gasteiger partial charge in [0.05, 0.1) is 24.3 Å². The van der Waals surface area contributed by atoms with Gasteiger partial charge in [-0.1, -0.05) is 35.3 Å². The lowest BCUT2D eigenvalue weighted by Crippen LogP contribution is -2.00. The summed E-state index contributed by atoms with van der Waals surface area (Å²) in [7, 11) is 3.04. The van der Waals surface area contributed by atoms with E-state index in [9.17, 15) is 0 Å². The van der Waals surface area contributed by atoms with E-state index < -0.39 is 0 Å². The Morgan fingerprint density at radius 1 is 1.05 bits per heavy atom. The molecule has 0 spiro atoms. The Balaban J connectivity index is 2.71. The second-order valence-electron chi connectivity index (χ2n) is 4.71. The first kappa shape index (κ1) is 16.5. The Morgan fingerprint density at radius 2 is 1.59 bits per heavy atom. The second-order valence-corrected chi connectivity index (χ2v) is 5.47. The lowest BCUT2D eigenvalue weighted by atomic mass is 10.00. The van der Waals surface area contributed by atoms with E-state index in [1.807, 2.05) is 6.07 Å². The van der Waals surface area contributed by atoms with Gasteiger partial charge >= 0.3 is 0 Å². The maximum atomic E-state index is 7.69. The van der Waals surface area contributed by atoms with Crippen LogP contribution in [0.4, 0.5) is 5.69 Å². The van der Waals surface area contributed by atoms with Gasteiger partial charge in [-0.25, -0.2) is 0 Å². The Morgan fingerprint density at radius 3 is 2.00 bits per heavy atom. The largest absolute Gasteiger partial charge is 0.495 e. The van der Waals surface area contributed by atoms with Gasteiger partial charge in [-0.05, 0) is 18.6 Å². The smallest absolute Gasteiger partial charge is 0.141 e. The van der Waals surface area contributed by atoms with Crippen molar-refractivity contribution in [3.63, 3.8) is 0 Å². The fraction of sp³-hybridized carbons (Fsp3) is 0.188. The van der Waals surface area contributed by atoms with Crippen LogP contribution in [-0.4, -0.2) is 19.9 Å². The van der Waals surface area contributed by atoms with Gasteiger partial charge < -0.3 is 20.6 Å². The number of benzene rings is 2. The SMILES string of the molecule is COc1cc(OC)c(Cl)c(-c2ccc(C(C)=N)c(N)c2)c1Cl. The number of nitrogen functional groups attached to an aromatic ring is 1. The summed E-state index contributed by atoms with van der Waals surface area (Å²) >= 11 is 12.8. The molecule has 0 unspecified atom stereocenters. The van der Waals surface area contributed by atoms with E-state index >= 15 is 0 Å². The number of halogens is 2. The highest BCUT2D eigenvalue weighted by Crippen LogP contribution is 2.46. The van der Waals surface area contributed by atoms with Crippen LogP contribution in [0.5, 0.6) is 11.5 Å². The molecule has 0 aliphatic carbocycles. The van der Waals surface area contributed by atoms with Gasteiger partial charge in [0.15, 0.2) is 0 Å². The molecule has 0 saturated carbocycles. The van der Waals surface area contributed by atoms with Crippen molar-refractivity contribution < 1.29 is 9.47 Å². The predicted molar refractivity (Wildman–Crippen MR) is 91.9 cm³/mol. The van der Waals surface area contributed by atoms with Crippen LogP contribution in [0.2, 0.25) is 10.0 Å². The molecule has 0 amide bonds. The molecule has 22 heavy (non-hydrogen) atoms. The summed E-state index contributed by atoms with van der Waals surface area (Å²) in [5, 5.41) is 8.45. The van der Waals surface area contributed by atoms with Crippen molar-refractivity contribution in [2.75, 3.05) is 20.0 Å². The number of rotatable bonds is 4. The zero-order valence-corrected chi connectivity index (χ0v) is 14.0. The minimum Gasteiger partial charge on any atom is -0.495 e. The Bertz CT molecular complexity index is 717. The van der Waals surface area contributed by atoms with Crippen LogP contribution in [0.15, 0.2) is 24.3 Å². The summed E-state index contributed by atoms with van der Waals surface area (Å²) in [4.78, 5) is 0. The standard InChI is InChI=1S/C16H16Cl2N2O2/c1-8(19)10-5-4-9(6-11(10)20)14-15(17)12(21-2)7-13(22-3)16(14)18/h4-7,19H,20H2,1-3H3. The third-order valence-electron chi connectivity index (χ3n) is 3.32. The lowest BCUT2D eigenvalue weighted by Gasteiger charge is -2.15. The fourth-order valence-electron chi connectivity index (χ4n) is 2.20. The molecule has 116 valence electrons. The Kier molecular flexibility index (Phi) is 4.84. The average molecular weight is 339 g/mol. The summed E-state index contributed by atoms with van der Waals surface area (Å²) in [5.74, 6) is 0.924. The topological polar surface area (TPSA) is 68.3 Å². The molecule has 2 aromatic rings. The highest BCUT2D eigenvalue weighted by atomic mass is 35.5. The number of nitrogens with two attached hydrogens (primary N) is 1. The molecule has 0 fully saturated rings. The molecule has 4 nitrogen and oxygen atoms in total. The number of methoxy groups -OCH3 is 2. The molecule has 6 heteroatoms. The second kappa shape index (κ2) is 6.46. The molecular weight excluding hydrogens is 323 g/mol. The molecule has 0 bridgehead atoms. The number of hydrogen-bond acceptors (Lipinski definition) is 4. The molecular formula is C16H16Cl2N2O2. The van der Waals surface area contributed by atoms with Gasteiger partial charge in [0.1, 0.15) is 11.5 Å². The Hall–Kier alpha value is -1.91. The van der Waals surface area contributed by atoms with Gasteiger partial charge in [-0.2, -0.15) is 0 Å². The third-order valence-corrected chi connectivity index (χ3v) is 4.07. The minimum absolute atomic E-state index is 0.382. The first-order valence-electron chi connectivity index (χ1n) is 6.46. The molecule has 0 aliphatic heterocycles. The number of hydrogen-bond donors (Lipinski definition) is 2. The van der Waals surface area contributed by atoms with E-state index in [1.54, 1.807) is 25.1 Å². The average Bonchev–Trinajstić information content (AvgIpc) is 2.47. The molecule has 0 aromatic heterocycles. The first-order valence-corrected chi connectivity index (χ1v) is 7.21. The monoisotopic (exact) mass is 338 g/mol. The van der Waals surface area contributed by atoms with Gasteiger partial charge in [-0.15, -0.1) is 0 Å². The van der Waals surface area contributed by atoms with Crippen molar-refractivity contribution in [3.05, 3.63) is 39.9 Å². The van der Waals surface area contributed by atoms with E-state index in [-0.39, 0.29) is 0 Å². The number of anilines is 1. The molecule has 0 aliphatic rings. The van der Waals surface area contributed by atoms with Crippen LogP contribution >= 0.6 is 23.2 Å². The van der Waals surface area contributed by atoms with Crippen molar-refractivity contribution in [2.24, 2.45) is 0 Å². The molecule has 0 radical (unpaired) electrons. The van der Waals surface area contributed by atoms with Crippen LogP contribution in [0, 0.1) is 5.41 Å². The first-order chi connectivity index (χ1) is 10.4. The zero-order chi connectivity index (χ0) is 16.4. The highest BCUT2D eigenvalue weighted by molar-refractivity contribution is 6.41. The maximum Gasteiger partial charge on any atom is 0.141 e.